The lowest BCUT2D eigenvalue weighted by atomic mass is 9.80. The van der Waals surface area contributed by atoms with Crippen LogP contribution in [-0.4, -0.2) is 22.0 Å². The van der Waals surface area contributed by atoms with E-state index in [4.69, 9.17) is 4.74 Å². The minimum absolute atomic E-state index is 0.119. The Morgan fingerprint density at radius 1 is 1.15 bits per heavy atom. The van der Waals surface area contributed by atoms with E-state index in [1.165, 1.54) is 6.92 Å². The molecule has 0 saturated carbocycles. The molecule has 0 amide bonds. The summed E-state index contributed by atoms with van der Waals surface area (Å²) >= 11 is 0. The number of ether oxygens (including phenoxy) is 1. The van der Waals surface area contributed by atoms with E-state index in [1.54, 1.807) is 31.2 Å². The van der Waals surface area contributed by atoms with E-state index in [1.807, 2.05) is 13.0 Å². The summed E-state index contributed by atoms with van der Waals surface area (Å²) < 4.78 is 20.6. The molecule has 2 aromatic carbocycles. The Labute approximate surface area is 189 Å². The van der Waals surface area contributed by atoms with Crippen LogP contribution in [0.5, 0.6) is 0 Å². The first-order valence-corrected chi connectivity index (χ1v) is 10.3. The maximum atomic E-state index is 14.9. The molecule has 2 aromatic rings. The predicted molar refractivity (Wildman–Crippen MR) is 118 cm³/mol. The topological polar surface area (TPSA) is 119 Å². The maximum absolute atomic E-state index is 14.9. The number of carbonyl (C=O) groups is 2. The number of hydrogen-bond donors (Lipinski definition) is 2. The van der Waals surface area contributed by atoms with Gasteiger partial charge in [0.15, 0.2) is 0 Å². The van der Waals surface area contributed by atoms with Crippen molar-refractivity contribution in [3.05, 3.63) is 98.1 Å². The number of halogens is 1. The average molecular weight is 454 g/mol. The second kappa shape index (κ2) is 9.64. The number of allylic oxidation sites excluding steroid dienone is 2. The van der Waals surface area contributed by atoms with Gasteiger partial charge in [-0.15, -0.1) is 0 Å². The van der Waals surface area contributed by atoms with Crippen molar-refractivity contribution in [3.8, 4) is 0 Å². The molecular weight excluding hydrogens is 431 g/mol. The minimum atomic E-state index is -1.40. The smallest absolute Gasteiger partial charge is 0.337 e. The number of esters is 1. The highest BCUT2D eigenvalue weighted by Crippen LogP contribution is 2.41. The van der Waals surface area contributed by atoms with E-state index in [2.05, 4.69) is 5.32 Å². The molecule has 8 nitrogen and oxygen atoms in total. The zero-order valence-corrected chi connectivity index (χ0v) is 18.3. The lowest BCUT2D eigenvalue weighted by Crippen LogP contribution is -2.32. The summed E-state index contributed by atoms with van der Waals surface area (Å²) in [4.78, 5) is 36.0. The molecule has 0 aromatic heterocycles. The number of nitrogens with one attached hydrogen (secondary N) is 1. The van der Waals surface area contributed by atoms with E-state index in [-0.39, 0.29) is 28.1 Å². The van der Waals surface area contributed by atoms with Crippen LogP contribution in [0.3, 0.4) is 0 Å². The Kier molecular flexibility index (Phi) is 6.91. The minimum Gasteiger partial charge on any atom is -0.478 e. The Hall–Kier alpha value is -4.01. The highest BCUT2D eigenvalue weighted by atomic mass is 19.1. The highest BCUT2D eigenvalue weighted by Gasteiger charge is 2.40. The number of dihydropyridines is 1. The Morgan fingerprint density at radius 2 is 1.79 bits per heavy atom. The fraction of sp³-hybridized carbons (Fsp3) is 0.250. The van der Waals surface area contributed by atoms with Crippen LogP contribution in [0, 0.1) is 15.9 Å². The molecule has 0 radical (unpaired) electrons. The molecular formula is C24H23FN2O6. The van der Waals surface area contributed by atoms with Crippen LogP contribution >= 0.6 is 0 Å². The molecule has 0 fully saturated rings. The second-order valence-corrected chi connectivity index (χ2v) is 7.62. The summed E-state index contributed by atoms with van der Waals surface area (Å²) in [6.07, 6.45) is -0.165. The van der Waals surface area contributed by atoms with Gasteiger partial charge in [0, 0.05) is 29.1 Å². The van der Waals surface area contributed by atoms with E-state index >= 15 is 0 Å². The van der Waals surface area contributed by atoms with Crippen molar-refractivity contribution in [3.63, 3.8) is 0 Å². The molecule has 0 aliphatic carbocycles. The lowest BCUT2D eigenvalue weighted by Gasteiger charge is -2.30. The van der Waals surface area contributed by atoms with Crippen molar-refractivity contribution in [2.75, 3.05) is 0 Å². The summed E-state index contributed by atoms with van der Waals surface area (Å²) in [7, 11) is 0. The number of carboxylic acids is 1. The van der Waals surface area contributed by atoms with Crippen LogP contribution in [0.4, 0.5) is 10.1 Å². The largest absolute Gasteiger partial charge is 0.478 e. The van der Waals surface area contributed by atoms with Crippen LogP contribution in [0.2, 0.25) is 0 Å². The number of nitro benzene ring substituents is 1. The first-order chi connectivity index (χ1) is 15.6. The fourth-order valence-electron chi connectivity index (χ4n) is 3.97. The van der Waals surface area contributed by atoms with E-state index in [0.717, 1.165) is 23.8 Å². The summed E-state index contributed by atoms with van der Waals surface area (Å²) in [6, 6.07) is 11.8. The Bertz CT molecular complexity index is 1170. The second-order valence-electron chi connectivity index (χ2n) is 7.62. The molecule has 33 heavy (non-hydrogen) atoms. The molecule has 1 aliphatic heterocycles. The van der Waals surface area contributed by atoms with Gasteiger partial charge in [0.2, 0.25) is 0 Å². The first-order valence-electron chi connectivity index (χ1n) is 10.3. The van der Waals surface area contributed by atoms with Crippen molar-refractivity contribution >= 4 is 17.6 Å². The molecule has 3 rings (SSSR count). The standard InChI is InChI=1S/C24H23FN2O6/c1-4-19(15-8-6-5-7-9-15)33-24(30)21-14(3)26-13(2)20(23(28)29)22(21)17-12-16(27(31)32)10-11-18(17)25/h5-12,19,22,26H,4H2,1-3H3,(H,28,29)/t19-,22?/m0/s1. The van der Waals surface area contributed by atoms with Gasteiger partial charge < -0.3 is 15.2 Å². The predicted octanol–water partition coefficient (Wildman–Crippen LogP) is 4.75. The van der Waals surface area contributed by atoms with Crippen molar-refractivity contribution in [1.82, 2.24) is 5.32 Å². The molecule has 0 saturated heterocycles. The number of hydrogen-bond acceptors (Lipinski definition) is 6. The number of nitrogens with zero attached hydrogens (tertiary/aromatic N) is 1. The normalized spacial score (nSPS) is 16.8. The third-order valence-electron chi connectivity index (χ3n) is 5.50. The molecule has 2 atom stereocenters. The van der Waals surface area contributed by atoms with Gasteiger partial charge >= 0.3 is 11.9 Å². The molecule has 1 heterocycles. The van der Waals surface area contributed by atoms with E-state index in [9.17, 15) is 29.2 Å². The number of benzene rings is 2. The summed E-state index contributed by atoms with van der Waals surface area (Å²) in [5.74, 6) is -4.49. The quantitative estimate of drug-likeness (QED) is 0.352. The molecule has 9 heteroatoms. The lowest BCUT2D eigenvalue weighted by molar-refractivity contribution is -0.385. The number of carboxylic acid groups (broad SMARTS) is 1. The van der Waals surface area contributed by atoms with Gasteiger partial charge in [-0.3, -0.25) is 10.1 Å². The number of carbonyl (C=O) groups excluding carboxylic acids is 1. The number of rotatable bonds is 7. The average Bonchev–Trinajstić information content (AvgIpc) is 2.77. The van der Waals surface area contributed by atoms with Gasteiger partial charge in [-0.1, -0.05) is 37.3 Å². The van der Waals surface area contributed by atoms with E-state index < -0.39 is 40.4 Å². The third-order valence-corrected chi connectivity index (χ3v) is 5.50. The van der Waals surface area contributed by atoms with Crippen LogP contribution in [-0.2, 0) is 14.3 Å². The maximum Gasteiger partial charge on any atom is 0.337 e. The number of nitro groups is 1. The van der Waals surface area contributed by atoms with Gasteiger partial charge in [0.05, 0.1) is 22.0 Å². The highest BCUT2D eigenvalue weighted by molar-refractivity contribution is 5.99. The van der Waals surface area contributed by atoms with Crippen LogP contribution in [0.25, 0.3) is 0 Å². The first kappa shape index (κ1) is 23.6. The monoisotopic (exact) mass is 454 g/mol. The molecule has 0 spiro atoms. The summed E-state index contributed by atoms with van der Waals surface area (Å²) in [6.45, 7) is 4.86. The van der Waals surface area contributed by atoms with Gasteiger partial charge in [0.25, 0.3) is 5.69 Å². The summed E-state index contributed by atoms with van der Waals surface area (Å²) in [5.41, 5.74) is 0.101. The number of non-ortho nitro benzene ring substituents is 1. The van der Waals surface area contributed by atoms with Crippen molar-refractivity contribution in [2.45, 2.75) is 39.2 Å². The van der Waals surface area contributed by atoms with Gasteiger partial charge in [-0.2, -0.15) is 0 Å². The van der Waals surface area contributed by atoms with Crippen molar-refractivity contribution in [1.29, 1.82) is 0 Å². The molecule has 2 N–H and O–H groups in total. The van der Waals surface area contributed by atoms with Gasteiger partial charge in [-0.05, 0) is 31.9 Å². The third kappa shape index (κ3) is 4.77. The zero-order chi connectivity index (χ0) is 24.3. The zero-order valence-electron chi connectivity index (χ0n) is 18.3. The van der Waals surface area contributed by atoms with Gasteiger partial charge in [0.1, 0.15) is 11.9 Å². The molecule has 1 aliphatic rings. The summed E-state index contributed by atoms with van der Waals surface area (Å²) in [5, 5.41) is 24.0. The number of aliphatic carboxylic acids is 1. The van der Waals surface area contributed by atoms with Crippen LogP contribution < -0.4 is 5.32 Å². The van der Waals surface area contributed by atoms with Crippen molar-refractivity contribution < 1.29 is 28.7 Å². The van der Waals surface area contributed by atoms with Crippen molar-refractivity contribution in [2.24, 2.45) is 0 Å². The Balaban J connectivity index is 2.13. The van der Waals surface area contributed by atoms with E-state index in [0.29, 0.717) is 6.42 Å². The van der Waals surface area contributed by atoms with Gasteiger partial charge in [-0.25, -0.2) is 14.0 Å². The van der Waals surface area contributed by atoms with Crippen LogP contribution in [0.15, 0.2) is 71.1 Å². The van der Waals surface area contributed by atoms with Crippen LogP contribution in [0.1, 0.15) is 50.3 Å². The molecule has 172 valence electrons. The Morgan fingerprint density at radius 3 is 2.36 bits per heavy atom. The SMILES string of the molecule is CC[C@H](OC(=O)C1=C(C)NC(C)=C(C(=O)O)C1c1cc([N+](=O)[O-])ccc1F)c1ccccc1. The molecule has 1 unspecified atom stereocenters. The fourth-order valence-corrected chi connectivity index (χ4v) is 3.97. The molecule has 0 bridgehead atoms.